The van der Waals surface area contributed by atoms with Gasteiger partial charge in [-0.15, -0.1) is 12.4 Å². The summed E-state index contributed by atoms with van der Waals surface area (Å²) in [5, 5.41) is 11.0. The van der Waals surface area contributed by atoms with E-state index in [0.717, 1.165) is 45.4 Å². The molecule has 6 N–H and O–H groups in total. The fraction of sp³-hybridized carbons (Fsp3) is 0.193. The SMILES string of the molecule is COC(=O)CC(C)=O.COc1cc(C(F)(F)F)nn1-c1ccc(CN)cc1.Cl.NCc1ccc(Br)cc1.O=c1cc(C(F)(F)F)[nH]n1-c1ccc(Br)cc1.[C-]#[N+]c1ccc(-n2[nH]c(C(F)(F)F)cc2=O)cc1.[C-]#[N+]c1ccc(-n2nc(C(F)(F)F)cc2OC)cc1. The van der Waals surface area contributed by atoms with Crippen molar-refractivity contribution in [1.29, 1.82) is 0 Å². The molecule has 0 saturated carbocycles. The van der Waals surface area contributed by atoms with Crippen LogP contribution in [0.15, 0.2) is 164 Å². The number of halogens is 15. The minimum absolute atomic E-state index is 0. The second-order valence-corrected chi connectivity index (χ2v) is 19.4. The Balaban J connectivity index is 0.000000291. The second kappa shape index (κ2) is 34.0. The lowest BCUT2D eigenvalue weighted by Gasteiger charge is -2.06. The summed E-state index contributed by atoms with van der Waals surface area (Å²) < 4.78 is 169. The van der Waals surface area contributed by atoms with Gasteiger partial charge in [0.25, 0.3) is 11.1 Å². The molecule has 0 spiro atoms. The number of carbonyl (C=O) groups is 2. The highest BCUT2D eigenvalue weighted by Gasteiger charge is 2.37. The number of nitrogens with one attached hydrogen (secondary N) is 2. The lowest BCUT2D eigenvalue weighted by molar-refractivity contribution is -0.143. The molecule has 484 valence electrons. The topological polar surface area (TPSA) is 234 Å². The molecule has 0 saturated heterocycles. The molecule has 0 unspecified atom stereocenters. The lowest BCUT2D eigenvalue weighted by atomic mass is 10.2. The number of nitrogens with zero attached hydrogens (tertiary/aromatic N) is 8. The summed E-state index contributed by atoms with van der Waals surface area (Å²) >= 11 is 6.53. The van der Waals surface area contributed by atoms with Gasteiger partial charge in [-0.25, -0.2) is 28.4 Å². The van der Waals surface area contributed by atoms with Crippen LogP contribution < -0.4 is 32.1 Å². The Morgan fingerprint density at radius 3 is 1.09 bits per heavy atom. The Bertz CT molecular complexity index is 4000. The highest BCUT2D eigenvalue weighted by molar-refractivity contribution is 9.10. The van der Waals surface area contributed by atoms with E-state index in [9.17, 15) is 71.9 Å². The van der Waals surface area contributed by atoms with Crippen molar-refractivity contribution >= 4 is 67.4 Å². The van der Waals surface area contributed by atoms with E-state index in [-0.39, 0.29) is 42.1 Å². The van der Waals surface area contributed by atoms with E-state index >= 15 is 0 Å². The van der Waals surface area contributed by atoms with Gasteiger partial charge >= 0.3 is 30.7 Å². The molecule has 0 bridgehead atoms. The summed E-state index contributed by atoms with van der Waals surface area (Å²) in [7, 11) is 3.81. The number of ether oxygens (including phenoxy) is 3. The Labute approximate surface area is 531 Å². The average molecular weight is 1440 g/mol. The van der Waals surface area contributed by atoms with Crippen molar-refractivity contribution in [2.24, 2.45) is 11.5 Å². The Morgan fingerprint density at radius 2 is 0.824 bits per heavy atom. The number of nitrogens with two attached hydrogens (primary N) is 2. The maximum Gasteiger partial charge on any atom is 0.435 e. The lowest BCUT2D eigenvalue weighted by Crippen LogP contribution is -2.13. The maximum absolute atomic E-state index is 12.6. The predicted molar refractivity (Wildman–Crippen MR) is 318 cm³/mol. The van der Waals surface area contributed by atoms with Crippen molar-refractivity contribution in [2.45, 2.75) is 51.1 Å². The van der Waals surface area contributed by atoms with E-state index in [1.165, 1.54) is 94.5 Å². The summed E-state index contributed by atoms with van der Waals surface area (Å²) in [6.07, 6.45) is -18.3. The number of aromatic amines is 2. The summed E-state index contributed by atoms with van der Waals surface area (Å²) in [6, 6.07) is 35.4. The van der Waals surface area contributed by atoms with E-state index in [1.807, 2.05) is 34.5 Å². The molecule has 91 heavy (non-hydrogen) atoms. The van der Waals surface area contributed by atoms with Crippen molar-refractivity contribution in [3.05, 3.63) is 232 Å². The van der Waals surface area contributed by atoms with Crippen LogP contribution in [0.2, 0.25) is 0 Å². The van der Waals surface area contributed by atoms with Crippen LogP contribution in [0.25, 0.3) is 32.4 Å². The van der Waals surface area contributed by atoms with Crippen LogP contribution in [-0.2, 0) is 52.1 Å². The van der Waals surface area contributed by atoms with E-state index in [1.54, 1.807) is 36.4 Å². The monoisotopic (exact) mass is 1430 g/mol. The summed E-state index contributed by atoms with van der Waals surface area (Å²) in [5.41, 5.74) is 9.32. The summed E-state index contributed by atoms with van der Waals surface area (Å²) in [6.45, 7) is 15.9. The molecule has 0 fully saturated rings. The van der Waals surface area contributed by atoms with Crippen LogP contribution in [0.1, 0.15) is 47.2 Å². The quantitative estimate of drug-likeness (QED) is 0.0435. The van der Waals surface area contributed by atoms with Crippen LogP contribution in [0.3, 0.4) is 0 Å². The number of methoxy groups -OCH3 is 3. The molecule has 4 aromatic heterocycles. The van der Waals surface area contributed by atoms with Gasteiger partial charge in [-0.3, -0.25) is 29.4 Å². The second-order valence-electron chi connectivity index (χ2n) is 17.5. The van der Waals surface area contributed by atoms with Crippen LogP contribution in [0, 0.1) is 13.1 Å². The number of carbonyl (C=O) groups excluding carboxylic acids is 2. The van der Waals surface area contributed by atoms with Crippen LogP contribution >= 0.6 is 44.3 Å². The Kier molecular flexibility index (Phi) is 28.3. The smallest absolute Gasteiger partial charge is 0.435 e. The fourth-order valence-electron chi connectivity index (χ4n) is 6.74. The molecule has 0 aliphatic carbocycles. The number of rotatable bonds is 10. The van der Waals surface area contributed by atoms with Gasteiger partial charge in [0.2, 0.25) is 11.8 Å². The molecular formula is C57H49Br2ClF12N12O7. The number of esters is 1. The first-order valence-electron chi connectivity index (χ1n) is 24.9. The van der Waals surface area contributed by atoms with E-state index < -0.39 is 64.6 Å². The molecule has 0 aliphatic heterocycles. The zero-order chi connectivity index (χ0) is 67.3. The van der Waals surface area contributed by atoms with Crippen molar-refractivity contribution in [3.8, 4) is 34.5 Å². The van der Waals surface area contributed by atoms with Gasteiger partial charge in [0.05, 0.1) is 57.2 Å². The molecule has 4 heterocycles. The van der Waals surface area contributed by atoms with Crippen molar-refractivity contribution in [2.75, 3.05) is 21.3 Å². The molecule has 0 radical (unpaired) electrons. The van der Waals surface area contributed by atoms with Gasteiger partial charge < -0.3 is 25.7 Å². The number of hydrogen-bond acceptors (Lipinski definition) is 11. The van der Waals surface area contributed by atoms with Crippen molar-refractivity contribution < 1.29 is 76.5 Å². The van der Waals surface area contributed by atoms with Gasteiger partial charge in [0.1, 0.15) is 23.6 Å². The normalized spacial score (nSPS) is 10.8. The van der Waals surface area contributed by atoms with E-state index in [4.69, 9.17) is 34.1 Å². The zero-order valence-corrected chi connectivity index (χ0v) is 51.3. The highest BCUT2D eigenvalue weighted by atomic mass is 79.9. The fourth-order valence-corrected chi connectivity index (χ4v) is 7.26. The highest BCUT2D eigenvalue weighted by Crippen LogP contribution is 2.34. The third kappa shape index (κ3) is 23.2. The minimum Gasteiger partial charge on any atom is -0.481 e. The Hall–Kier alpha value is -9.41. The third-order valence-electron chi connectivity index (χ3n) is 11.1. The molecule has 0 amide bonds. The number of hydrogen-bond donors (Lipinski definition) is 4. The molecule has 19 nitrogen and oxygen atoms in total. The van der Waals surface area contributed by atoms with Gasteiger partial charge in [0, 0.05) is 46.3 Å². The number of aromatic nitrogens is 8. The van der Waals surface area contributed by atoms with Crippen LogP contribution in [0.4, 0.5) is 64.1 Å². The van der Waals surface area contributed by atoms with Crippen molar-refractivity contribution in [3.63, 3.8) is 0 Å². The van der Waals surface area contributed by atoms with E-state index in [0.29, 0.717) is 53.7 Å². The minimum atomic E-state index is -4.60. The average Bonchev–Trinajstić information content (AvgIpc) is 2.12. The first kappa shape index (κ1) is 75.8. The first-order chi connectivity index (χ1) is 42.2. The first-order valence-corrected chi connectivity index (χ1v) is 26.5. The molecular weight excluding hydrogens is 1390 g/mol. The molecule has 0 aliphatic rings. The molecule has 9 rings (SSSR count). The third-order valence-corrected chi connectivity index (χ3v) is 12.2. The number of ketones is 1. The summed E-state index contributed by atoms with van der Waals surface area (Å²) in [4.78, 5) is 49.4. The summed E-state index contributed by atoms with van der Waals surface area (Å²) in [5.74, 6) is -0.648. The van der Waals surface area contributed by atoms with Gasteiger partial charge in [-0.1, -0.05) is 80.4 Å². The van der Waals surface area contributed by atoms with Gasteiger partial charge in [0.15, 0.2) is 22.8 Å². The standard InChI is InChI=1S/C12H8F3N3O.C12H12F3N3O.C11H6F3N3O.C10H6BrF3N2O.C7H8BrN.C5H8O3.ClH/c1-16-8-3-5-9(6-4-8)18-11(19-2)7-10(17-18)12(13,14)15;1-19-11-6-10(12(13,14)15)17-18(11)9-4-2-8(7-16)3-5-9;1-15-7-2-4-8(5-3-7)17-10(18)6-9(16-17)11(12,13)14;11-6-1-3-7(4-2-6)16-9(17)5-8(15-16)10(12,13)14;8-7-3-1-6(5-9)2-4-7;1-4(6)3-5(7)8-2;/h3-7H,2H3;2-6H,7,16H2,1H3;2-6,16H;1-5,15H;1-4H,5,9H2;3H2,1-2H3;1H. The largest absolute Gasteiger partial charge is 0.481 e. The van der Waals surface area contributed by atoms with Crippen molar-refractivity contribution in [1.82, 2.24) is 39.1 Å². The van der Waals surface area contributed by atoms with Crippen LogP contribution in [0.5, 0.6) is 11.8 Å². The number of benzene rings is 5. The number of Topliss-reactive ketones (excluding diaryl/α,β-unsaturated/α-hetero) is 1. The maximum atomic E-state index is 12.6. The number of alkyl halides is 12. The zero-order valence-electron chi connectivity index (χ0n) is 47.3. The van der Waals surface area contributed by atoms with Crippen LogP contribution in [-0.4, -0.2) is 72.2 Å². The molecule has 9 aromatic rings. The predicted octanol–water partition coefficient (Wildman–Crippen LogP) is 14.0. The Morgan fingerprint density at radius 1 is 0.516 bits per heavy atom. The van der Waals surface area contributed by atoms with Gasteiger partial charge in [-0.2, -0.15) is 62.9 Å². The number of H-pyrrole nitrogens is 2. The molecule has 5 aromatic carbocycles. The van der Waals surface area contributed by atoms with E-state index in [2.05, 4.69) is 56.5 Å². The van der Waals surface area contributed by atoms with Gasteiger partial charge in [-0.05, 0) is 90.8 Å². The molecule has 34 heteroatoms. The molecule has 0 atom stereocenters.